The van der Waals surface area contributed by atoms with Crippen molar-refractivity contribution < 1.29 is 28.7 Å². The third-order valence-corrected chi connectivity index (χ3v) is 10.7. The first-order valence-electron chi connectivity index (χ1n) is 18.8. The smallest absolute Gasteiger partial charge is 0.407 e. The van der Waals surface area contributed by atoms with E-state index in [4.69, 9.17) is 14.5 Å². The van der Waals surface area contributed by atoms with Gasteiger partial charge in [-0.05, 0) is 65.3 Å². The lowest BCUT2D eigenvalue weighted by molar-refractivity contribution is -0.135. The molecule has 3 aliphatic heterocycles. The fourth-order valence-corrected chi connectivity index (χ4v) is 7.65. The quantitative estimate of drug-likeness (QED) is 0.207. The van der Waals surface area contributed by atoms with Crippen LogP contribution >= 0.6 is 0 Å². The minimum absolute atomic E-state index is 0.0837. The van der Waals surface area contributed by atoms with E-state index < -0.39 is 24.3 Å². The summed E-state index contributed by atoms with van der Waals surface area (Å²) in [7, 11) is 2.59. The molecule has 1 aromatic heterocycles. The zero-order chi connectivity index (χ0) is 38.5. The molecule has 3 aromatic rings. The van der Waals surface area contributed by atoms with Gasteiger partial charge in [0.1, 0.15) is 17.9 Å². The van der Waals surface area contributed by atoms with E-state index in [0.29, 0.717) is 19.5 Å². The maximum absolute atomic E-state index is 13.5. The molecule has 286 valence electrons. The van der Waals surface area contributed by atoms with Gasteiger partial charge in [-0.3, -0.25) is 14.6 Å². The van der Waals surface area contributed by atoms with Crippen LogP contribution in [0.15, 0.2) is 65.9 Å². The summed E-state index contributed by atoms with van der Waals surface area (Å²) < 4.78 is 9.52. The van der Waals surface area contributed by atoms with E-state index in [9.17, 15) is 19.2 Å². The van der Waals surface area contributed by atoms with Crippen molar-refractivity contribution in [3.8, 4) is 22.4 Å². The van der Waals surface area contributed by atoms with Gasteiger partial charge >= 0.3 is 12.2 Å². The van der Waals surface area contributed by atoms with E-state index in [2.05, 4.69) is 69.1 Å². The number of hydrogen-bond donors (Lipinski definition) is 3. The first-order valence-corrected chi connectivity index (χ1v) is 18.8. The molecule has 0 aliphatic carbocycles. The molecule has 3 aliphatic rings. The van der Waals surface area contributed by atoms with Crippen LogP contribution in [0.5, 0.6) is 0 Å². The van der Waals surface area contributed by atoms with Gasteiger partial charge < -0.3 is 34.9 Å². The number of alkyl carbamates (subject to hydrolysis) is 2. The lowest BCUT2D eigenvalue weighted by Gasteiger charge is -2.31. The highest BCUT2D eigenvalue weighted by molar-refractivity contribution is 6.04. The Kier molecular flexibility index (Phi) is 11.8. The van der Waals surface area contributed by atoms with E-state index in [1.165, 1.54) is 14.2 Å². The lowest BCUT2D eigenvalue weighted by atomic mass is 9.95. The number of nitrogens with zero attached hydrogens (tertiary/aromatic N) is 4. The van der Waals surface area contributed by atoms with Crippen LogP contribution in [0.1, 0.15) is 77.2 Å². The number of nitrogens with one attached hydrogen (secondary N) is 3. The van der Waals surface area contributed by atoms with Crippen LogP contribution in [0.3, 0.4) is 0 Å². The molecule has 2 saturated heterocycles. The molecule has 6 rings (SSSR count). The summed E-state index contributed by atoms with van der Waals surface area (Å²) in [4.78, 5) is 67.5. The van der Waals surface area contributed by atoms with Crippen molar-refractivity contribution in [2.45, 2.75) is 84.0 Å². The second-order valence-electron chi connectivity index (χ2n) is 14.9. The van der Waals surface area contributed by atoms with Gasteiger partial charge in [0.25, 0.3) is 0 Å². The summed E-state index contributed by atoms with van der Waals surface area (Å²) in [5, 5.41) is 5.41. The van der Waals surface area contributed by atoms with Crippen LogP contribution in [0.2, 0.25) is 0 Å². The number of likely N-dealkylation sites (tertiary alicyclic amines) is 2. The third-order valence-electron chi connectivity index (χ3n) is 10.7. The molecule has 2 aromatic carbocycles. The Labute approximate surface area is 316 Å². The van der Waals surface area contributed by atoms with E-state index in [1.807, 2.05) is 43.7 Å². The molecule has 0 saturated carbocycles. The maximum Gasteiger partial charge on any atom is 0.407 e. The van der Waals surface area contributed by atoms with Crippen molar-refractivity contribution >= 4 is 35.3 Å². The van der Waals surface area contributed by atoms with Gasteiger partial charge in [0.05, 0.1) is 38.2 Å². The summed E-state index contributed by atoms with van der Waals surface area (Å²) in [5.74, 6) is 0.306. The molecule has 2 fully saturated rings. The number of rotatable bonds is 11. The maximum atomic E-state index is 13.5. The van der Waals surface area contributed by atoms with E-state index in [1.54, 1.807) is 6.20 Å². The number of H-pyrrole nitrogens is 1. The first-order chi connectivity index (χ1) is 26.0. The number of hydrogen-bond acceptors (Lipinski definition) is 8. The van der Waals surface area contributed by atoms with Gasteiger partial charge in [0.2, 0.25) is 11.8 Å². The number of aromatic amines is 1. The molecule has 0 radical (unpaired) electrons. The van der Waals surface area contributed by atoms with Gasteiger partial charge in [-0.25, -0.2) is 14.6 Å². The highest BCUT2D eigenvalue weighted by atomic mass is 16.5. The lowest BCUT2D eigenvalue weighted by Crippen LogP contribution is -2.53. The summed E-state index contributed by atoms with van der Waals surface area (Å²) in [6.07, 6.45) is 6.52. The largest absolute Gasteiger partial charge is 0.453 e. The predicted molar refractivity (Wildman–Crippen MR) is 206 cm³/mol. The highest BCUT2D eigenvalue weighted by Gasteiger charge is 2.39. The number of imidazole rings is 1. The summed E-state index contributed by atoms with van der Waals surface area (Å²) in [5.41, 5.74) is 7.18. The van der Waals surface area contributed by atoms with Crippen molar-refractivity contribution in [1.29, 1.82) is 0 Å². The number of aliphatic imine (C=N–C) groups is 1. The first kappa shape index (κ1) is 38.3. The number of methoxy groups -OCH3 is 2. The highest BCUT2D eigenvalue weighted by Crippen LogP contribution is 2.34. The number of carbonyl (C=O) groups is 4. The molecule has 3 N–H and O–H groups in total. The number of benzene rings is 2. The average Bonchev–Trinajstić information content (AvgIpc) is 4.02. The number of amides is 4. The Hall–Kier alpha value is -5.46. The third kappa shape index (κ3) is 8.19. The van der Waals surface area contributed by atoms with Gasteiger partial charge in [-0.1, -0.05) is 76.2 Å². The molecule has 4 heterocycles. The van der Waals surface area contributed by atoms with Crippen molar-refractivity contribution in [3.05, 3.63) is 72.3 Å². The number of ether oxygens (including phenoxy) is 2. The molecule has 54 heavy (non-hydrogen) atoms. The van der Waals surface area contributed by atoms with E-state index in [-0.39, 0.29) is 35.7 Å². The van der Waals surface area contributed by atoms with Gasteiger partial charge in [0.15, 0.2) is 0 Å². The molecule has 13 heteroatoms. The van der Waals surface area contributed by atoms with Crippen LogP contribution in [0.4, 0.5) is 9.59 Å². The van der Waals surface area contributed by atoms with Crippen molar-refractivity contribution in [3.63, 3.8) is 0 Å². The van der Waals surface area contributed by atoms with E-state index >= 15 is 0 Å². The second kappa shape index (κ2) is 16.7. The Morgan fingerprint density at radius 3 is 1.72 bits per heavy atom. The van der Waals surface area contributed by atoms with Crippen molar-refractivity contribution in [2.75, 3.05) is 27.3 Å². The molecular formula is C41H51N7O6. The van der Waals surface area contributed by atoms with E-state index in [0.717, 1.165) is 70.7 Å². The summed E-state index contributed by atoms with van der Waals surface area (Å²) in [6, 6.07) is 15.1. The average molecular weight is 738 g/mol. The van der Waals surface area contributed by atoms with Crippen LogP contribution in [-0.4, -0.2) is 94.9 Å². The second-order valence-corrected chi connectivity index (χ2v) is 14.9. The molecule has 2 unspecified atom stereocenters. The Morgan fingerprint density at radius 2 is 1.20 bits per heavy atom. The molecule has 0 spiro atoms. The molecule has 0 bridgehead atoms. The fourth-order valence-electron chi connectivity index (χ4n) is 7.65. The van der Waals surface area contributed by atoms with Crippen molar-refractivity contribution in [1.82, 2.24) is 30.4 Å². The normalized spacial score (nSPS) is 19.4. The number of aromatic nitrogens is 2. The zero-order valence-electron chi connectivity index (χ0n) is 31.9. The summed E-state index contributed by atoms with van der Waals surface area (Å²) in [6.45, 7) is 8.87. The van der Waals surface area contributed by atoms with Crippen LogP contribution in [0, 0.1) is 11.8 Å². The summed E-state index contributed by atoms with van der Waals surface area (Å²) >= 11 is 0. The molecule has 4 atom stereocenters. The fraction of sp³-hybridized carbons (Fsp3) is 0.463. The number of carbonyl (C=O) groups excluding carboxylic acids is 4. The minimum Gasteiger partial charge on any atom is -0.453 e. The Balaban J connectivity index is 1.07. The van der Waals surface area contributed by atoms with Gasteiger partial charge in [-0.2, -0.15) is 0 Å². The Bertz CT molecular complexity index is 1900. The van der Waals surface area contributed by atoms with Gasteiger partial charge in [0, 0.05) is 31.4 Å². The molecular weight excluding hydrogens is 686 g/mol. The molecule has 13 nitrogen and oxygen atoms in total. The molecule has 4 amide bonds. The standard InChI is InChI=1S/C41H51N7O6/c1-24(2)35(45-40(51)53-5)38(49)47-19-7-9-33(47)31-21-30(22-42-31)28-13-11-26(12-14-28)27-15-17-29(18-16-27)32-23-43-37(44-32)34-10-8-20-48(34)39(50)36(25(3)4)46-41(52)54-6/h11-18,22-25,33-36H,7-10,19-21H2,1-6H3,(H,43,44)(H,45,51)(H,46,52)/t33-,34-,35?,36?/m1/s1. The topological polar surface area (TPSA) is 158 Å². The minimum atomic E-state index is -0.684. The van der Waals surface area contributed by atoms with Crippen LogP contribution < -0.4 is 10.6 Å². The van der Waals surface area contributed by atoms with Crippen molar-refractivity contribution in [2.24, 2.45) is 16.8 Å². The number of allylic oxidation sites excluding steroid dienone is 1. The van der Waals surface area contributed by atoms with Crippen LogP contribution in [-0.2, 0) is 19.1 Å². The van der Waals surface area contributed by atoms with Gasteiger partial charge in [-0.15, -0.1) is 0 Å². The van der Waals surface area contributed by atoms with Crippen LogP contribution in [0.25, 0.3) is 28.0 Å². The SMILES string of the molecule is COC(=O)NC(C(=O)N1CCC[C@@H]1C1=NC=C(c2ccc(-c3ccc(-c4cnc([C@H]5CCCN5C(=O)C(NC(=O)OC)C(C)C)[nH]4)cc3)cc2)C1)C(C)C. The predicted octanol–water partition coefficient (Wildman–Crippen LogP) is 6.35. The zero-order valence-corrected chi connectivity index (χ0v) is 31.9. The Morgan fingerprint density at radius 1 is 0.722 bits per heavy atom. The monoisotopic (exact) mass is 737 g/mol.